The Labute approximate surface area is 162 Å². The summed E-state index contributed by atoms with van der Waals surface area (Å²) in [6, 6.07) is 8.33. The van der Waals surface area contributed by atoms with E-state index in [4.69, 9.17) is 9.15 Å². The summed E-state index contributed by atoms with van der Waals surface area (Å²) in [4.78, 5) is 38.3. The van der Waals surface area contributed by atoms with E-state index < -0.39 is 6.10 Å². The quantitative estimate of drug-likeness (QED) is 0.880. The molecule has 1 aromatic carbocycles. The first kappa shape index (κ1) is 18.4. The third-order valence-corrected chi connectivity index (χ3v) is 5.10. The Balaban J connectivity index is 1.50. The smallest absolute Gasteiger partial charge is 0.290 e. The van der Waals surface area contributed by atoms with Gasteiger partial charge in [-0.1, -0.05) is 6.07 Å². The minimum absolute atomic E-state index is 0.0521. The van der Waals surface area contributed by atoms with Gasteiger partial charge in [-0.25, -0.2) is 0 Å². The number of nitrogens with zero attached hydrogens (tertiary/aromatic N) is 1. The van der Waals surface area contributed by atoms with Gasteiger partial charge in [0.1, 0.15) is 11.9 Å². The first-order valence-corrected chi connectivity index (χ1v) is 9.45. The van der Waals surface area contributed by atoms with E-state index in [1.54, 1.807) is 11.8 Å². The zero-order valence-electron chi connectivity index (χ0n) is 15.7. The molecular formula is C21H22N2O5. The fourth-order valence-electron chi connectivity index (χ4n) is 3.68. The molecule has 0 saturated carbocycles. The van der Waals surface area contributed by atoms with Crippen molar-refractivity contribution in [3.05, 3.63) is 63.2 Å². The average molecular weight is 382 g/mol. The van der Waals surface area contributed by atoms with Crippen LogP contribution in [0.5, 0.6) is 0 Å². The Bertz CT molecular complexity index is 975. The molecule has 2 aliphatic rings. The maximum absolute atomic E-state index is 12.8. The Morgan fingerprint density at radius 1 is 1.18 bits per heavy atom. The number of fused-ring (bicyclic) bond motifs is 1. The molecule has 7 heteroatoms. The lowest BCUT2D eigenvalue weighted by atomic mass is 9.98. The van der Waals surface area contributed by atoms with Crippen molar-refractivity contribution < 1.29 is 18.7 Å². The number of ether oxygens (including phenoxy) is 1. The van der Waals surface area contributed by atoms with Gasteiger partial charge < -0.3 is 19.4 Å². The second-order valence-corrected chi connectivity index (χ2v) is 7.22. The lowest BCUT2D eigenvalue weighted by Gasteiger charge is -2.29. The van der Waals surface area contributed by atoms with Crippen LogP contribution in [-0.4, -0.2) is 36.0 Å². The molecule has 0 bridgehead atoms. The highest BCUT2D eigenvalue weighted by Gasteiger charge is 2.26. The van der Waals surface area contributed by atoms with E-state index >= 15 is 0 Å². The van der Waals surface area contributed by atoms with Gasteiger partial charge in [0.2, 0.25) is 0 Å². The van der Waals surface area contributed by atoms with Crippen LogP contribution in [-0.2, 0) is 22.5 Å². The number of hydrogen-bond acceptors (Lipinski definition) is 5. The van der Waals surface area contributed by atoms with Crippen LogP contribution in [0, 0.1) is 6.92 Å². The first-order valence-electron chi connectivity index (χ1n) is 9.45. The number of anilines is 1. The maximum Gasteiger partial charge on any atom is 0.290 e. The number of carbonyl (C=O) groups excluding carboxylic acids is 2. The summed E-state index contributed by atoms with van der Waals surface area (Å²) in [5, 5.41) is 2.90. The number of benzene rings is 1. The van der Waals surface area contributed by atoms with E-state index in [1.165, 1.54) is 12.1 Å². The molecule has 7 nitrogen and oxygen atoms in total. The zero-order valence-corrected chi connectivity index (χ0v) is 15.7. The number of amides is 2. The molecule has 0 aliphatic carbocycles. The van der Waals surface area contributed by atoms with Gasteiger partial charge in [-0.05, 0) is 49.4 Å². The van der Waals surface area contributed by atoms with Crippen LogP contribution in [0.15, 0.2) is 39.5 Å². The highest BCUT2D eigenvalue weighted by molar-refractivity contribution is 5.94. The van der Waals surface area contributed by atoms with E-state index in [9.17, 15) is 14.4 Å². The Morgan fingerprint density at radius 2 is 2.04 bits per heavy atom. The molecular weight excluding hydrogens is 360 g/mol. The topological polar surface area (TPSA) is 88.9 Å². The number of carbonyl (C=O) groups is 2. The van der Waals surface area contributed by atoms with Crippen LogP contribution < -0.4 is 10.7 Å². The van der Waals surface area contributed by atoms with Crippen LogP contribution in [0.2, 0.25) is 0 Å². The molecule has 28 heavy (non-hydrogen) atoms. The molecule has 1 saturated heterocycles. The second-order valence-electron chi connectivity index (χ2n) is 7.22. The van der Waals surface area contributed by atoms with Gasteiger partial charge in [-0.3, -0.25) is 14.4 Å². The van der Waals surface area contributed by atoms with Gasteiger partial charge >= 0.3 is 0 Å². The SMILES string of the molecule is Cc1cc(=O)cc(C(=O)N2CCc3ccc(NC(=O)[C@@H]4CCCO4)cc3C2)o1. The Morgan fingerprint density at radius 3 is 2.79 bits per heavy atom. The molecule has 1 atom stereocenters. The van der Waals surface area contributed by atoms with E-state index in [0.29, 0.717) is 37.6 Å². The summed E-state index contributed by atoms with van der Waals surface area (Å²) in [5.41, 5.74) is 2.56. The van der Waals surface area contributed by atoms with Crippen molar-refractivity contribution in [2.24, 2.45) is 0 Å². The van der Waals surface area contributed by atoms with E-state index in [-0.39, 0.29) is 23.0 Å². The van der Waals surface area contributed by atoms with Crippen molar-refractivity contribution in [3.63, 3.8) is 0 Å². The Hall–Kier alpha value is -2.93. The summed E-state index contributed by atoms with van der Waals surface area (Å²) in [6.07, 6.45) is 1.95. The molecule has 2 amide bonds. The van der Waals surface area contributed by atoms with E-state index in [2.05, 4.69) is 5.32 Å². The average Bonchev–Trinajstić information content (AvgIpc) is 3.21. The van der Waals surface area contributed by atoms with E-state index in [1.807, 2.05) is 18.2 Å². The summed E-state index contributed by atoms with van der Waals surface area (Å²) in [6.45, 7) is 3.21. The predicted octanol–water partition coefficient (Wildman–Crippen LogP) is 2.26. The molecule has 2 aromatic rings. The number of rotatable bonds is 3. The maximum atomic E-state index is 12.8. The predicted molar refractivity (Wildman–Crippen MR) is 102 cm³/mol. The summed E-state index contributed by atoms with van der Waals surface area (Å²) in [7, 11) is 0. The summed E-state index contributed by atoms with van der Waals surface area (Å²) < 4.78 is 10.8. The molecule has 4 rings (SSSR count). The summed E-state index contributed by atoms with van der Waals surface area (Å²) >= 11 is 0. The lowest BCUT2D eigenvalue weighted by Crippen LogP contribution is -2.36. The molecule has 0 unspecified atom stereocenters. The Kier molecular flexibility index (Phi) is 5.00. The highest BCUT2D eigenvalue weighted by Crippen LogP contribution is 2.24. The summed E-state index contributed by atoms with van der Waals surface area (Å²) in [5.74, 6) is 0.0200. The molecule has 146 valence electrons. The largest absolute Gasteiger partial charge is 0.456 e. The molecule has 2 aliphatic heterocycles. The van der Waals surface area contributed by atoms with Gasteiger partial charge in [0.05, 0.1) is 0 Å². The van der Waals surface area contributed by atoms with Crippen LogP contribution in [0.4, 0.5) is 5.69 Å². The fraction of sp³-hybridized carbons (Fsp3) is 0.381. The third kappa shape index (κ3) is 3.84. The van der Waals surface area contributed by atoms with E-state index in [0.717, 1.165) is 24.0 Å². The molecule has 0 radical (unpaired) electrons. The van der Waals surface area contributed by atoms with Gasteiger partial charge in [0.15, 0.2) is 11.2 Å². The van der Waals surface area contributed by atoms with Crippen LogP contribution >= 0.6 is 0 Å². The fourth-order valence-corrected chi connectivity index (χ4v) is 3.68. The number of hydrogen-bond donors (Lipinski definition) is 1. The number of nitrogens with one attached hydrogen (secondary N) is 1. The van der Waals surface area contributed by atoms with Gasteiger partial charge in [-0.2, -0.15) is 0 Å². The monoisotopic (exact) mass is 382 g/mol. The van der Waals surface area contributed by atoms with Gasteiger partial charge in [-0.15, -0.1) is 0 Å². The second kappa shape index (κ2) is 7.59. The molecule has 1 aromatic heterocycles. The first-order chi connectivity index (χ1) is 13.5. The van der Waals surface area contributed by atoms with Gasteiger partial charge in [0, 0.05) is 37.5 Å². The number of aryl methyl sites for hydroxylation is 1. The molecule has 1 N–H and O–H groups in total. The zero-order chi connectivity index (χ0) is 19.7. The third-order valence-electron chi connectivity index (χ3n) is 5.10. The van der Waals surface area contributed by atoms with Crippen molar-refractivity contribution in [2.75, 3.05) is 18.5 Å². The van der Waals surface area contributed by atoms with Gasteiger partial charge in [0.25, 0.3) is 11.8 Å². The van der Waals surface area contributed by atoms with Crippen LogP contribution in [0.25, 0.3) is 0 Å². The van der Waals surface area contributed by atoms with Crippen LogP contribution in [0.1, 0.15) is 40.3 Å². The molecule has 3 heterocycles. The molecule has 0 spiro atoms. The van der Waals surface area contributed by atoms with Crippen LogP contribution in [0.3, 0.4) is 0 Å². The van der Waals surface area contributed by atoms with Crippen molar-refractivity contribution >= 4 is 17.5 Å². The van der Waals surface area contributed by atoms with Crippen molar-refractivity contribution in [3.8, 4) is 0 Å². The lowest BCUT2D eigenvalue weighted by molar-refractivity contribution is -0.124. The minimum Gasteiger partial charge on any atom is -0.456 e. The van der Waals surface area contributed by atoms with Crippen molar-refractivity contribution in [1.29, 1.82) is 0 Å². The van der Waals surface area contributed by atoms with Crippen molar-refractivity contribution in [2.45, 2.75) is 38.8 Å². The van der Waals surface area contributed by atoms with Crippen molar-refractivity contribution in [1.82, 2.24) is 4.90 Å². The minimum atomic E-state index is -0.390. The highest BCUT2D eigenvalue weighted by atomic mass is 16.5. The molecule has 1 fully saturated rings. The normalized spacial score (nSPS) is 18.6. The standard InChI is InChI=1S/C21H22N2O5/c1-13-9-17(24)11-19(28-13)21(26)23-7-6-14-4-5-16(10-15(14)12-23)22-20(25)18-3-2-8-27-18/h4-5,9-11,18H,2-3,6-8,12H2,1H3,(H,22,25)/t18-/m0/s1.